The average molecular weight is 248 g/mol. The first kappa shape index (κ1) is 12.9. The Balaban J connectivity index is 2.90. The molecule has 1 aliphatic rings. The zero-order valence-electron chi connectivity index (χ0n) is 11.6. The Morgan fingerprint density at radius 2 is 1.83 bits per heavy atom. The summed E-state index contributed by atoms with van der Waals surface area (Å²) in [5.41, 5.74) is 8.90. The largest absolute Gasteiger partial charge is 0.398 e. The van der Waals surface area contributed by atoms with Crippen molar-refractivity contribution in [1.29, 1.82) is 0 Å². The molecule has 0 saturated carbocycles. The lowest BCUT2D eigenvalue weighted by atomic mass is 9.81. The second-order valence-corrected chi connectivity index (χ2v) is 6.56. The molecular weight excluding hydrogens is 228 g/mol. The predicted molar refractivity (Wildman–Crippen MR) is 72.9 cm³/mol. The fourth-order valence-corrected chi connectivity index (χ4v) is 3.52. The number of hydrogen-bond acceptors (Lipinski definition) is 3. The van der Waals surface area contributed by atoms with E-state index in [9.17, 15) is 10.1 Å². The maximum absolute atomic E-state index is 11.4. The van der Waals surface area contributed by atoms with Crippen LogP contribution >= 0.6 is 0 Å². The minimum absolute atomic E-state index is 0.0641. The monoisotopic (exact) mass is 248 g/mol. The molecule has 0 atom stereocenters. The van der Waals surface area contributed by atoms with Crippen LogP contribution in [0.2, 0.25) is 0 Å². The molecule has 2 rings (SSSR count). The number of nitrogens with zero attached hydrogens (tertiary/aromatic N) is 1. The highest BCUT2D eigenvalue weighted by molar-refractivity contribution is 5.68. The van der Waals surface area contributed by atoms with Crippen LogP contribution in [0.1, 0.15) is 50.8 Å². The minimum Gasteiger partial charge on any atom is -0.398 e. The maximum Gasteiger partial charge on any atom is 0.278 e. The highest BCUT2D eigenvalue weighted by Crippen LogP contribution is 2.54. The van der Waals surface area contributed by atoms with Gasteiger partial charge >= 0.3 is 0 Å². The zero-order valence-corrected chi connectivity index (χ0v) is 11.6. The Bertz CT molecular complexity index is 545. The summed E-state index contributed by atoms with van der Waals surface area (Å²) < 4.78 is 0. The van der Waals surface area contributed by atoms with Gasteiger partial charge in [-0.1, -0.05) is 27.7 Å². The van der Waals surface area contributed by atoms with Crippen LogP contribution in [0.3, 0.4) is 0 Å². The van der Waals surface area contributed by atoms with Gasteiger partial charge in [-0.3, -0.25) is 10.1 Å². The third-order valence-electron chi connectivity index (χ3n) is 4.07. The van der Waals surface area contributed by atoms with Gasteiger partial charge < -0.3 is 5.73 Å². The quantitative estimate of drug-likeness (QED) is 0.470. The molecule has 0 radical (unpaired) electrons. The number of nitrogens with two attached hydrogens (primary N) is 1. The van der Waals surface area contributed by atoms with Crippen molar-refractivity contribution < 1.29 is 4.92 Å². The van der Waals surface area contributed by atoms with Crippen LogP contribution in [-0.2, 0) is 10.8 Å². The lowest BCUT2D eigenvalue weighted by Gasteiger charge is -2.22. The lowest BCUT2D eigenvalue weighted by Crippen LogP contribution is -2.18. The van der Waals surface area contributed by atoms with Gasteiger partial charge in [0.1, 0.15) is 0 Å². The molecule has 0 amide bonds. The summed E-state index contributed by atoms with van der Waals surface area (Å²) in [4.78, 5) is 11.1. The Morgan fingerprint density at radius 3 is 2.33 bits per heavy atom. The third-order valence-corrected chi connectivity index (χ3v) is 4.07. The molecule has 0 bridgehead atoms. The Kier molecular flexibility index (Phi) is 2.48. The average Bonchev–Trinajstić information content (AvgIpc) is 2.34. The van der Waals surface area contributed by atoms with Crippen molar-refractivity contribution in [2.45, 2.75) is 51.9 Å². The number of nitrogen functional groups attached to an aromatic ring is 1. The second kappa shape index (κ2) is 3.46. The number of rotatable bonds is 1. The van der Waals surface area contributed by atoms with Gasteiger partial charge in [-0.05, 0) is 35.8 Å². The Hall–Kier alpha value is -1.58. The molecule has 1 aromatic rings. The fourth-order valence-electron chi connectivity index (χ4n) is 3.52. The summed E-state index contributed by atoms with van der Waals surface area (Å²) in [5, 5.41) is 11.4. The van der Waals surface area contributed by atoms with Crippen molar-refractivity contribution in [3.8, 4) is 0 Å². The zero-order chi connectivity index (χ0) is 13.9. The predicted octanol–water partition coefficient (Wildman–Crippen LogP) is 3.44. The first-order chi connectivity index (χ1) is 8.08. The van der Waals surface area contributed by atoms with Gasteiger partial charge in [-0.25, -0.2) is 0 Å². The van der Waals surface area contributed by atoms with E-state index in [1.54, 1.807) is 6.92 Å². The highest BCUT2D eigenvalue weighted by Gasteiger charge is 2.47. The normalized spacial score (nSPS) is 19.6. The molecule has 4 nitrogen and oxygen atoms in total. The number of fused-ring (bicyclic) bond motifs is 1. The SMILES string of the molecule is Cc1c(N)cc2c(c1[N+](=O)[O-])C(C)(C)CC2(C)C. The number of nitro benzene ring substituents is 1. The van der Waals surface area contributed by atoms with Crippen LogP contribution in [-0.4, -0.2) is 4.92 Å². The van der Waals surface area contributed by atoms with Gasteiger partial charge in [0.15, 0.2) is 0 Å². The molecule has 0 heterocycles. The molecule has 0 aliphatic heterocycles. The first-order valence-corrected chi connectivity index (χ1v) is 6.16. The van der Waals surface area contributed by atoms with Crippen molar-refractivity contribution in [1.82, 2.24) is 0 Å². The summed E-state index contributed by atoms with van der Waals surface area (Å²) in [6.07, 6.45) is 0.902. The van der Waals surface area contributed by atoms with E-state index in [-0.39, 0.29) is 21.4 Å². The summed E-state index contributed by atoms with van der Waals surface area (Å²) in [6.45, 7) is 10.1. The lowest BCUT2D eigenvalue weighted by molar-refractivity contribution is -0.386. The molecule has 2 N–H and O–H groups in total. The van der Waals surface area contributed by atoms with Crippen molar-refractivity contribution in [3.63, 3.8) is 0 Å². The maximum atomic E-state index is 11.4. The van der Waals surface area contributed by atoms with Crippen LogP contribution < -0.4 is 5.73 Å². The second-order valence-electron chi connectivity index (χ2n) is 6.56. The molecule has 0 aromatic heterocycles. The highest BCUT2D eigenvalue weighted by atomic mass is 16.6. The summed E-state index contributed by atoms with van der Waals surface area (Å²) in [6, 6.07) is 1.92. The Morgan fingerprint density at radius 1 is 1.28 bits per heavy atom. The molecular formula is C14H20N2O2. The van der Waals surface area contributed by atoms with E-state index in [4.69, 9.17) is 5.73 Å². The van der Waals surface area contributed by atoms with Crippen LogP contribution in [0.25, 0.3) is 0 Å². The van der Waals surface area contributed by atoms with Crippen molar-refractivity contribution in [2.24, 2.45) is 0 Å². The summed E-state index contributed by atoms with van der Waals surface area (Å²) in [5.74, 6) is 0. The number of anilines is 1. The van der Waals surface area contributed by atoms with E-state index in [0.29, 0.717) is 11.3 Å². The van der Waals surface area contributed by atoms with Crippen molar-refractivity contribution >= 4 is 11.4 Å². The molecule has 4 heteroatoms. The molecule has 0 unspecified atom stereocenters. The van der Waals surface area contributed by atoms with Gasteiger partial charge in [0.25, 0.3) is 5.69 Å². The van der Waals surface area contributed by atoms with Gasteiger partial charge in [0, 0.05) is 16.8 Å². The number of nitro groups is 1. The van der Waals surface area contributed by atoms with Gasteiger partial charge in [0.05, 0.1) is 4.92 Å². The first-order valence-electron chi connectivity index (χ1n) is 6.16. The minimum atomic E-state index is -0.284. The van der Waals surface area contributed by atoms with E-state index in [2.05, 4.69) is 27.7 Å². The molecule has 1 aliphatic carbocycles. The molecule has 0 spiro atoms. The molecule has 98 valence electrons. The van der Waals surface area contributed by atoms with Crippen molar-refractivity contribution in [2.75, 3.05) is 5.73 Å². The molecule has 1 aromatic carbocycles. The van der Waals surface area contributed by atoms with Gasteiger partial charge in [-0.2, -0.15) is 0 Å². The standard InChI is InChI=1S/C14H20N2O2/c1-8-10(15)6-9-11(12(8)16(17)18)14(4,5)7-13(9,2)3/h6H,7,15H2,1-5H3. The van der Waals surface area contributed by atoms with Crippen LogP contribution in [0.15, 0.2) is 6.07 Å². The van der Waals surface area contributed by atoms with E-state index in [0.717, 1.165) is 17.5 Å². The van der Waals surface area contributed by atoms with Crippen LogP contribution in [0.5, 0.6) is 0 Å². The van der Waals surface area contributed by atoms with Gasteiger partial charge in [0.2, 0.25) is 0 Å². The van der Waals surface area contributed by atoms with E-state index in [1.165, 1.54) is 0 Å². The molecule has 0 saturated heterocycles. The van der Waals surface area contributed by atoms with E-state index in [1.807, 2.05) is 6.07 Å². The topological polar surface area (TPSA) is 69.2 Å². The molecule has 18 heavy (non-hydrogen) atoms. The van der Waals surface area contributed by atoms with E-state index >= 15 is 0 Å². The van der Waals surface area contributed by atoms with E-state index < -0.39 is 0 Å². The van der Waals surface area contributed by atoms with Crippen LogP contribution in [0.4, 0.5) is 11.4 Å². The van der Waals surface area contributed by atoms with Crippen molar-refractivity contribution in [3.05, 3.63) is 32.9 Å². The Labute approximate surface area is 107 Å². The number of benzene rings is 1. The summed E-state index contributed by atoms with van der Waals surface area (Å²) >= 11 is 0. The molecule has 0 fully saturated rings. The van der Waals surface area contributed by atoms with Gasteiger partial charge in [-0.15, -0.1) is 0 Å². The third kappa shape index (κ3) is 1.59. The fraction of sp³-hybridized carbons (Fsp3) is 0.571. The summed E-state index contributed by atoms with van der Waals surface area (Å²) in [7, 11) is 0. The smallest absolute Gasteiger partial charge is 0.278 e. The number of hydrogen-bond donors (Lipinski definition) is 1. The van der Waals surface area contributed by atoms with Crippen LogP contribution in [0, 0.1) is 17.0 Å².